The number of thiophene rings is 1. The van der Waals surface area contributed by atoms with Gasteiger partial charge in [0, 0.05) is 10.9 Å². The first-order chi connectivity index (χ1) is 10.0. The van der Waals surface area contributed by atoms with Crippen molar-refractivity contribution < 1.29 is 4.39 Å². The van der Waals surface area contributed by atoms with Crippen molar-refractivity contribution in [3.63, 3.8) is 0 Å². The van der Waals surface area contributed by atoms with Crippen molar-refractivity contribution in [1.29, 1.82) is 0 Å². The van der Waals surface area contributed by atoms with E-state index in [1.54, 1.807) is 17.4 Å². The average Bonchev–Trinajstić information content (AvgIpc) is 2.78. The molecule has 1 aromatic carbocycles. The highest BCUT2D eigenvalue weighted by Crippen LogP contribution is 2.33. The van der Waals surface area contributed by atoms with E-state index in [1.165, 1.54) is 20.3 Å². The molecular formula is C17H21BrFNS. The first-order valence-electron chi connectivity index (χ1n) is 7.25. The number of hydrogen-bond donors (Lipinski definition) is 1. The molecule has 1 atom stereocenters. The Morgan fingerprint density at radius 2 is 2.00 bits per heavy atom. The molecule has 0 aliphatic rings. The van der Waals surface area contributed by atoms with Crippen LogP contribution in [0.3, 0.4) is 0 Å². The van der Waals surface area contributed by atoms with Crippen LogP contribution in [0.4, 0.5) is 4.39 Å². The van der Waals surface area contributed by atoms with Gasteiger partial charge in [-0.1, -0.05) is 13.0 Å². The second kappa shape index (κ2) is 7.52. The molecule has 1 N–H and O–H groups in total. The number of aryl methyl sites for hydroxylation is 2. The SMILES string of the molecule is CCCNC(Cc1cc(F)ccc1C)c1cc(C)c(Br)s1. The third-order valence-electron chi connectivity index (χ3n) is 3.60. The van der Waals surface area contributed by atoms with Crippen LogP contribution >= 0.6 is 27.3 Å². The minimum absolute atomic E-state index is 0.159. The van der Waals surface area contributed by atoms with E-state index < -0.39 is 0 Å². The Morgan fingerprint density at radius 1 is 1.24 bits per heavy atom. The molecule has 114 valence electrons. The lowest BCUT2D eigenvalue weighted by molar-refractivity contribution is 0.533. The lowest BCUT2D eigenvalue weighted by Crippen LogP contribution is -2.23. The number of rotatable bonds is 6. The Bertz CT molecular complexity index is 589. The van der Waals surface area contributed by atoms with Gasteiger partial charge in [-0.15, -0.1) is 11.3 Å². The minimum atomic E-state index is -0.159. The fourth-order valence-electron chi connectivity index (χ4n) is 2.33. The van der Waals surface area contributed by atoms with Gasteiger partial charge < -0.3 is 5.32 Å². The van der Waals surface area contributed by atoms with Crippen molar-refractivity contribution in [2.75, 3.05) is 6.54 Å². The predicted molar refractivity (Wildman–Crippen MR) is 92.6 cm³/mol. The Morgan fingerprint density at radius 3 is 2.62 bits per heavy atom. The zero-order chi connectivity index (χ0) is 15.4. The molecule has 1 aromatic heterocycles. The minimum Gasteiger partial charge on any atom is -0.309 e. The van der Waals surface area contributed by atoms with E-state index in [4.69, 9.17) is 0 Å². The van der Waals surface area contributed by atoms with Gasteiger partial charge in [0.1, 0.15) is 5.82 Å². The van der Waals surface area contributed by atoms with Crippen LogP contribution in [0.2, 0.25) is 0 Å². The van der Waals surface area contributed by atoms with E-state index in [2.05, 4.69) is 41.2 Å². The Kier molecular flexibility index (Phi) is 5.97. The van der Waals surface area contributed by atoms with E-state index in [-0.39, 0.29) is 11.9 Å². The molecule has 0 fully saturated rings. The predicted octanol–water partition coefficient (Wildman–Crippen LogP) is 5.55. The fourth-order valence-corrected chi connectivity index (χ4v) is 3.97. The van der Waals surface area contributed by atoms with Gasteiger partial charge in [-0.05, 0) is 84.1 Å². The fraction of sp³-hybridized carbons (Fsp3) is 0.412. The molecule has 0 spiro atoms. The van der Waals surface area contributed by atoms with Crippen molar-refractivity contribution in [3.05, 3.63) is 55.4 Å². The highest BCUT2D eigenvalue weighted by atomic mass is 79.9. The normalized spacial score (nSPS) is 12.6. The van der Waals surface area contributed by atoms with Gasteiger partial charge in [0.15, 0.2) is 0 Å². The standard InChI is InChI=1S/C17H21BrFNS/c1-4-7-20-15(16-8-12(3)17(18)21-16)10-13-9-14(19)6-5-11(13)2/h5-6,8-9,15,20H,4,7,10H2,1-3H3. The van der Waals surface area contributed by atoms with Gasteiger partial charge in [0.05, 0.1) is 3.79 Å². The summed E-state index contributed by atoms with van der Waals surface area (Å²) in [4.78, 5) is 1.30. The summed E-state index contributed by atoms with van der Waals surface area (Å²) in [6.45, 7) is 7.27. The van der Waals surface area contributed by atoms with E-state index in [0.29, 0.717) is 0 Å². The van der Waals surface area contributed by atoms with E-state index >= 15 is 0 Å². The molecule has 2 aromatic rings. The maximum Gasteiger partial charge on any atom is 0.123 e. The van der Waals surface area contributed by atoms with Crippen LogP contribution in [0, 0.1) is 19.7 Å². The van der Waals surface area contributed by atoms with Gasteiger partial charge in [-0.3, -0.25) is 0 Å². The second-order valence-corrected chi connectivity index (χ2v) is 7.79. The van der Waals surface area contributed by atoms with Crippen molar-refractivity contribution in [2.24, 2.45) is 0 Å². The van der Waals surface area contributed by atoms with Gasteiger partial charge >= 0.3 is 0 Å². The monoisotopic (exact) mass is 369 g/mol. The van der Waals surface area contributed by atoms with Crippen LogP contribution in [0.5, 0.6) is 0 Å². The molecule has 0 bridgehead atoms. The maximum absolute atomic E-state index is 13.5. The molecule has 0 saturated carbocycles. The topological polar surface area (TPSA) is 12.0 Å². The molecule has 0 aliphatic carbocycles. The zero-order valence-electron chi connectivity index (χ0n) is 12.7. The third-order valence-corrected chi connectivity index (χ3v) is 5.85. The van der Waals surface area contributed by atoms with E-state index in [1.807, 2.05) is 13.0 Å². The Labute approximate surface area is 138 Å². The first-order valence-corrected chi connectivity index (χ1v) is 8.86. The van der Waals surface area contributed by atoms with Crippen molar-refractivity contribution in [3.8, 4) is 0 Å². The van der Waals surface area contributed by atoms with Crippen LogP contribution in [-0.4, -0.2) is 6.54 Å². The summed E-state index contributed by atoms with van der Waals surface area (Å²) >= 11 is 5.36. The molecule has 21 heavy (non-hydrogen) atoms. The molecule has 0 radical (unpaired) electrons. The highest BCUT2D eigenvalue weighted by molar-refractivity contribution is 9.11. The molecule has 0 amide bonds. The van der Waals surface area contributed by atoms with Crippen molar-refractivity contribution >= 4 is 27.3 Å². The van der Waals surface area contributed by atoms with E-state index in [9.17, 15) is 4.39 Å². The highest BCUT2D eigenvalue weighted by Gasteiger charge is 2.16. The average molecular weight is 370 g/mol. The van der Waals surface area contributed by atoms with E-state index in [0.717, 1.165) is 30.5 Å². The lowest BCUT2D eigenvalue weighted by Gasteiger charge is -2.18. The molecule has 1 nitrogen and oxygen atoms in total. The maximum atomic E-state index is 13.5. The summed E-state index contributed by atoms with van der Waals surface area (Å²) in [6, 6.07) is 7.50. The molecule has 1 heterocycles. The van der Waals surface area contributed by atoms with Gasteiger partial charge in [0.25, 0.3) is 0 Å². The Balaban J connectivity index is 2.25. The largest absolute Gasteiger partial charge is 0.309 e. The summed E-state index contributed by atoms with van der Waals surface area (Å²) in [5.41, 5.74) is 3.48. The molecule has 1 unspecified atom stereocenters. The summed E-state index contributed by atoms with van der Waals surface area (Å²) in [7, 11) is 0. The smallest absolute Gasteiger partial charge is 0.123 e. The number of nitrogens with one attached hydrogen (secondary N) is 1. The molecule has 4 heteroatoms. The lowest BCUT2D eigenvalue weighted by atomic mass is 9.99. The quantitative estimate of drug-likeness (QED) is 0.703. The van der Waals surface area contributed by atoms with Crippen LogP contribution in [0.1, 0.15) is 41.0 Å². The van der Waals surface area contributed by atoms with Crippen LogP contribution < -0.4 is 5.32 Å². The summed E-state index contributed by atoms with van der Waals surface area (Å²) < 4.78 is 14.7. The summed E-state index contributed by atoms with van der Waals surface area (Å²) in [5.74, 6) is -0.159. The van der Waals surface area contributed by atoms with Crippen molar-refractivity contribution in [2.45, 2.75) is 39.7 Å². The van der Waals surface area contributed by atoms with Gasteiger partial charge in [0.2, 0.25) is 0 Å². The third kappa shape index (κ3) is 4.38. The summed E-state index contributed by atoms with van der Waals surface area (Å²) in [6.07, 6.45) is 1.90. The zero-order valence-corrected chi connectivity index (χ0v) is 15.1. The molecule has 2 rings (SSSR count). The van der Waals surface area contributed by atoms with Gasteiger partial charge in [-0.2, -0.15) is 0 Å². The van der Waals surface area contributed by atoms with Crippen LogP contribution in [0.15, 0.2) is 28.1 Å². The molecule has 0 aliphatic heterocycles. The van der Waals surface area contributed by atoms with Gasteiger partial charge in [-0.25, -0.2) is 4.39 Å². The second-order valence-electron chi connectivity index (χ2n) is 5.39. The number of benzene rings is 1. The molecule has 0 saturated heterocycles. The van der Waals surface area contributed by atoms with Crippen LogP contribution in [-0.2, 0) is 6.42 Å². The van der Waals surface area contributed by atoms with Crippen molar-refractivity contribution in [1.82, 2.24) is 5.32 Å². The van der Waals surface area contributed by atoms with Crippen LogP contribution in [0.25, 0.3) is 0 Å². The Hall–Kier alpha value is -0.710. The first kappa shape index (κ1) is 16.7. The molecular weight excluding hydrogens is 349 g/mol. The number of halogens is 2. The number of hydrogen-bond acceptors (Lipinski definition) is 2. The summed E-state index contributed by atoms with van der Waals surface area (Å²) in [5, 5.41) is 3.59.